The van der Waals surface area contributed by atoms with E-state index < -0.39 is 0 Å². The van der Waals surface area contributed by atoms with Gasteiger partial charge in [-0.2, -0.15) is 0 Å². The molecule has 4 heteroatoms. The number of carbonyl (C=O) groups is 1. The minimum Gasteiger partial charge on any atom is -0.342 e. The molecule has 0 saturated carbocycles. The van der Waals surface area contributed by atoms with Crippen molar-refractivity contribution in [3.8, 4) is 0 Å². The van der Waals surface area contributed by atoms with E-state index in [1.807, 2.05) is 0 Å². The minimum absolute atomic E-state index is 0.333. The quantitative estimate of drug-likeness (QED) is 0.815. The van der Waals surface area contributed by atoms with Crippen LogP contribution in [0, 0.1) is 5.41 Å². The van der Waals surface area contributed by atoms with Crippen molar-refractivity contribution in [2.45, 2.75) is 52.4 Å². The Balaban J connectivity index is 1.87. The van der Waals surface area contributed by atoms with Crippen LogP contribution in [0.3, 0.4) is 0 Å². The van der Waals surface area contributed by atoms with E-state index in [9.17, 15) is 4.79 Å². The van der Waals surface area contributed by atoms with Gasteiger partial charge in [0, 0.05) is 26.2 Å². The Labute approximate surface area is 130 Å². The average molecular weight is 295 g/mol. The molecule has 0 aromatic carbocycles. The van der Waals surface area contributed by atoms with E-state index >= 15 is 0 Å². The van der Waals surface area contributed by atoms with Gasteiger partial charge in [0.25, 0.3) is 0 Å². The lowest BCUT2D eigenvalue weighted by Gasteiger charge is -2.45. The van der Waals surface area contributed by atoms with E-state index in [1.165, 1.54) is 32.2 Å². The Hall–Kier alpha value is -0.610. The molecule has 2 rings (SSSR count). The Morgan fingerprint density at radius 2 is 1.90 bits per heavy atom. The first-order valence-corrected chi connectivity index (χ1v) is 8.90. The third kappa shape index (κ3) is 4.68. The molecule has 2 heterocycles. The molecule has 1 atom stereocenters. The van der Waals surface area contributed by atoms with Crippen LogP contribution in [0.15, 0.2) is 0 Å². The number of rotatable bonds is 6. The van der Waals surface area contributed by atoms with Gasteiger partial charge in [0.05, 0.1) is 6.54 Å². The van der Waals surface area contributed by atoms with Crippen molar-refractivity contribution in [3.63, 3.8) is 0 Å². The van der Waals surface area contributed by atoms with Crippen LogP contribution in [-0.4, -0.2) is 61.5 Å². The lowest BCUT2D eigenvalue weighted by atomic mass is 9.74. The Morgan fingerprint density at radius 1 is 1.19 bits per heavy atom. The maximum atomic E-state index is 12.5. The summed E-state index contributed by atoms with van der Waals surface area (Å²) in [6, 6.07) is 0. The van der Waals surface area contributed by atoms with Crippen molar-refractivity contribution >= 4 is 5.91 Å². The summed E-state index contributed by atoms with van der Waals surface area (Å²) in [4.78, 5) is 17.0. The molecular formula is C17H33N3O. The van der Waals surface area contributed by atoms with Gasteiger partial charge in [0.2, 0.25) is 5.91 Å². The van der Waals surface area contributed by atoms with Crippen LogP contribution in [0.4, 0.5) is 0 Å². The summed E-state index contributed by atoms with van der Waals surface area (Å²) in [5.74, 6) is 0.333. The fourth-order valence-electron chi connectivity index (χ4n) is 4.02. The smallest absolute Gasteiger partial charge is 0.236 e. The Morgan fingerprint density at radius 3 is 2.52 bits per heavy atom. The molecule has 1 spiro atoms. The molecule has 21 heavy (non-hydrogen) atoms. The summed E-state index contributed by atoms with van der Waals surface area (Å²) in [6.45, 7) is 11.3. The maximum absolute atomic E-state index is 12.5. The van der Waals surface area contributed by atoms with E-state index in [0.717, 1.165) is 45.6 Å². The van der Waals surface area contributed by atoms with Gasteiger partial charge in [0.1, 0.15) is 0 Å². The summed E-state index contributed by atoms with van der Waals surface area (Å²) in [5, 5.41) is 3.56. The molecule has 122 valence electrons. The van der Waals surface area contributed by atoms with Crippen LogP contribution in [0.1, 0.15) is 52.4 Å². The first-order valence-electron chi connectivity index (χ1n) is 8.90. The van der Waals surface area contributed by atoms with Gasteiger partial charge in [-0.3, -0.25) is 9.69 Å². The van der Waals surface area contributed by atoms with Crippen LogP contribution >= 0.6 is 0 Å². The largest absolute Gasteiger partial charge is 0.342 e. The van der Waals surface area contributed by atoms with E-state index in [-0.39, 0.29) is 0 Å². The van der Waals surface area contributed by atoms with Gasteiger partial charge in [0.15, 0.2) is 0 Å². The second-order valence-corrected chi connectivity index (χ2v) is 6.98. The molecule has 0 aliphatic carbocycles. The van der Waals surface area contributed by atoms with Crippen LogP contribution in [0.2, 0.25) is 0 Å². The second kappa shape index (κ2) is 8.14. The zero-order valence-electron chi connectivity index (χ0n) is 14.0. The normalized spacial score (nSPS) is 27.0. The molecule has 2 fully saturated rings. The van der Waals surface area contributed by atoms with Crippen molar-refractivity contribution in [2.24, 2.45) is 5.41 Å². The zero-order valence-corrected chi connectivity index (χ0v) is 14.0. The van der Waals surface area contributed by atoms with E-state index in [2.05, 4.69) is 29.0 Å². The van der Waals surface area contributed by atoms with Gasteiger partial charge in [-0.25, -0.2) is 0 Å². The van der Waals surface area contributed by atoms with Crippen LogP contribution in [0.5, 0.6) is 0 Å². The topological polar surface area (TPSA) is 35.6 Å². The Kier molecular flexibility index (Phi) is 6.49. The standard InChI is InChI=1S/C17H33N3O/c1-3-10-20(11-4-2)16(21)13-19-12-6-8-17(15-19)7-5-9-18-14-17/h18H,3-15H2,1-2H3. The monoisotopic (exact) mass is 295 g/mol. The third-order valence-corrected chi connectivity index (χ3v) is 5.00. The molecule has 0 aromatic heterocycles. The van der Waals surface area contributed by atoms with Gasteiger partial charge < -0.3 is 10.2 Å². The summed E-state index contributed by atoms with van der Waals surface area (Å²) in [5.41, 5.74) is 0.442. The second-order valence-electron chi connectivity index (χ2n) is 6.98. The third-order valence-electron chi connectivity index (χ3n) is 5.00. The summed E-state index contributed by atoms with van der Waals surface area (Å²) >= 11 is 0. The number of carbonyl (C=O) groups excluding carboxylic acids is 1. The highest BCUT2D eigenvalue weighted by molar-refractivity contribution is 5.78. The number of nitrogens with one attached hydrogen (secondary N) is 1. The van der Waals surface area contributed by atoms with Gasteiger partial charge in [-0.05, 0) is 57.0 Å². The predicted octanol–water partition coefficient (Wildman–Crippen LogP) is 2.10. The fourth-order valence-corrected chi connectivity index (χ4v) is 4.02. The van der Waals surface area contributed by atoms with E-state index in [0.29, 0.717) is 17.9 Å². The van der Waals surface area contributed by atoms with Gasteiger partial charge in [-0.15, -0.1) is 0 Å². The zero-order chi connectivity index (χ0) is 15.1. The van der Waals surface area contributed by atoms with E-state index in [4.69, 9.17) is 0 Å². The highest BCUT2D eigenvalue weighted by atomic mass is 16.2. The maximum Gasteiger partial charge on any atom is 0.236 e. The number of nitrogens with zero attached hydrogens (tertiary/aromatic N) is 2. The summed E-state index contributed by atoms with van der Waals surface area (Å²) in [7, 11) is 0. The van der Waals surface area contributed by atoms with Gasteiger partial charge >= 0.3 is 0 Å². The number of likely N-dealkylation sites (tertiary alicyclic amines) is 1. The van der Waals surface area contributed by atoms with Crippen molar-refractivity contribution < 1.29 is 4.79 Å². The number of hydrogen-bond donors (Lipinski definition) is 1. The molecule has 2 aliphatic heterocycles. The molecular weight excluding hydrogens is 262 g/mol. The van der Waals surface area contributed by atoms with Crippen LogP contribution in [0.25, 0.3) is 0 Å². The number of piperidine rings is 2. The first-order chi connectivity index (χ1) is 10.2. The number of hydrogen-bond acceptors (Lipinski definition) is 3. The molecule has 1 amide bonds. The molecule has 0 aromatic rings. The molecule has 1 N–H and O–H groups in total. The highest BCUT2D eigenvalue weighted by Gasteiger charge is 2.37. The van der Waals surface area contributed by atoms with E-state index in [1.54, 1.807) is 0 Å². The molecule has 4 nitrogen and oxygen atoms in total. The highest BCUT2D eigenvalue weighted by Crippen LogP contribution is 2.35. The Bertz CT molecular complexity index is 314. The molecule has 2 aliphatic rings. The summed E-state index contributed by atoms with van der Waals surface area (Å²) in [6.07, 6.45) is 7.31. The fraction of sp³-hybridized carbons (Fsp3) is 0.941. The molecule has 1 unspecified atom stereocenters. The SMILES string of the molecule is CCCN(CCC)C(=O)CN1CCCC2(CCCNC2)C1. The van der Waals surface area contributed by atoms with Crippen molar-refractivity contribution in [1.82, 2.24) is 15.1 Å². The first kappa shape index (κ1) is 16.8. The molecule has 0 radical (unpaired) electrons. The van der Waals surface area contributed by atoms with Crippen molar-refractivity contribution in [3.05, 3.63) is 0 Å². The lowest BCUT2D eigenvalue weighted by Crippen LogP contribution is -2.53. The minimum atomic E-state index is 0.333. The average Bonchev–Trinajstić information content (AvgIpc) is 2.48. The molecule has 0 bridgehead atoms. The lowest BCUT2D eigenvalue weighted by molar-refractivity contribution is -0.133. The summed E-state index contributed by atoms with van der Waals surface area (Å²) < 4.78 is 0. The number of amides is 1. The molecule has 2 saturated heterocycles. The van der Waals surface area contributed by atoms with Crippen molar-refractivity contribution in [2.75, 3.05) is 45.8 Å². The van der Waals surface area contributed by atoms with Crippen LogP contribution in [-0.2, 0) is 4.79 Å². The van der Waals surface area contributed by atoms with Crippen LogP contribution < -0.4 is 5.32 Å². The van der Waals surface area contributed by atoms with Crippen molar-refractivity contribution in [1.29, 1.82) is 0 Å². The van der Waals surface area contributed by atoms with Gasteiger partial charge in [-0.1, -0.05) is 13.8 Å². The predicted molar refractivity (Wildman–Crippen MR) is 87.4 cm³/mol.